The number of rotatable bonds is 6. The van der Waals surface area contributed by atoms with Crippen LogP contribution in [-0.4, -0.2) is 39.9 Å². The van der Waals surface area contributed by atoms with E-state index in [0.717, 1.165) is 61.4 Å². The third-order valence-corrected chi connectivity index (χ3v) is 5.14. The van der Waals surface area contributed by atoms with E-state index in [2.05, 4.69) is 10.4 Å². The second-order valence-electron chi connectivity index (χ2n) is 7.01. The molecular formula is C18H24N5O2W-. The minimum absolute atomic E-state index is 0. The van der Waals surface area contributed by atoms with Gasteiger partial charge in [0.05, 0.1) is 28.9 Å². The second-order valence-corrected chi connectivity index (χ2v) is 7.01. The average Bonchev–Trinajstić information content (AvgIpc) is 3.32. The number of fused-ring (bicyclic) bond motifs is 1. The maximum Gasteiger partial charge on any atom is 0.160 e. The molecule has 2 aliphatic rings. The molecule has 3 heterocycles. The molecular weight excluding hydrogens is 502 g/mol. The molecule has 0 unspecified atom stereocenters. The van der Waals surface area contributed by atoms with Crippen LogP contribution in [0.4, 0.5) is 5.69 Å². The minimum Gasteiger partial charge on any atom is -0.663 e. The maximum atomic E-state index is 12.2. The van der Waals surface area contributed by atoms with Crippen molar-refractivity contribution in [2.45, 2.75) is 51.6 Å². The zero-order valence-electron chi connectivity index (χ0n) is 15.0. The van der Waals surface area contributed by atoms with Crippen molar-refractivity contribution >= 4 is 22.6 Å². The quantitative estimate of drug-likeness (QED) is 0.625. The number of carbonyl (C=O) groups is 1. The summed E-state index contributed by atoms with van der Waals surface area (Å²) in [5, 5.41) is 8.79. The van der Waals surface area contributed by atoms with Gasteiger partial charge in [-0.05, 0) is 44.9 Å². The van der Waals surface area contributed by atoms with Gasteiger partial charge in [0.15, 0.2) is 5.65 Å². The van der Waals surface area contributed by atoms with Crippen LogP contribution in [0.2, 0.25) is 0 Å². The van der Waals surface area contributed by atoms with Crippen LogP contribution < -0.4 is 5.32 Å². The molecule has 0 aromatic carbocycles. The topological polar surface area (TPSA) is 92.8 Å². The molecule has 2 fully saturated rings. The van der Waals surface area contributed by atoms with Crippen molar-refractivity contribution in [3.8, 4) is 0 Å². The van der Waals surface area contributed by atoms with Crippen LogP contribution in [0.1, 0.15) is 48.7 Å². The normalized spacial score (nSPS) is 17.9. The summed E-state index contributed by atoms with van der Waals surface area (Å²) in [6.07, 6.45) is 6.70. The molecule has 0 atom stereocenters. The Bertz CT molecular complexity index is 796. The Kier molecular flexibility index (Phi) is 5.98. The molecule has 140 valence electrons. The van der Waals surface area contributed by atoms with Crippen LogP contribution in [0.3, 0.4) is 0 Å². The van der Waals surface area contributed by atoms with E-state index in [-0.39, 0.29) is 27.1 Å². The zero-order chi connectivity index (χ0) is 17.4. The summed E-state index contributed by atoms with van der Waals surface area (Å²) in [5.74, 6) is -0.0687. The number of hydrogen-bond acceptors (Lipinski definition) is 5. The second kappa shape index (κ2) is 8.05. The molecule has 8 heteroatoms. The Morgan fingerprint density at radius 1 is 1.35 bits per heavy atom. The predicted molar refractivity (Wildman–Crippen MR) is 95.7 cm³/mol. The van der Waals surface area contributed by atoms with Crippen molar-refractivity contribution in [1.29, 1.82) is 0 Å². The van der Waals surface area contributed by atoms with Gasteiger partial charge in [0.25, 0.3) is 0 Å². The number of amides is 1. The number of aromatic nitrogens is 3. The molecule has 2 aromatic rings. The van der Waals surface area contributed by atoms with Gasteiger partial charge in [-0.15, -0.1) is 0 Å². The molecule has 0 bridgehead atoms. The van der Waals surface area contributed by atoms with Gasteiger partial charge in [-0.2, -0.15) is 5.10 Å². The van der Waals surface area contributed by atoms with Crippen LogP contribution in [0.15, 0.2) is 6.20 Å². The van der Waals surface area contributed by atoms with Gasteiger partial charge in [-0.1, -0.05) is 0 Å². The molecule has 1 aliphatic carbocycles. The van der Waals surface area contributed by atoms with Crippen molar-refractivity contribution in [3.63, 3.8) is 0 Å². The largest absolute Gasteiger partial charge is 0.663 e. The smallest absolute Gasteiger partial charge is 0.160 e. The number of hydrogen-bond donors (Lipinski definition) is 1. The molecule has 0 radical (unpaired) electrons. The van der Waals surface area contributed by atoms with Gasteiger partial charge in [0, 0.05) is 52.4 Å². The standard InChI is InChI=1S/C18H25N5O2.W/c1-2-23-18-13(10-20-23)16(21-12-5-7-25-8-6-12)15(17(19)24)14(22-18)9-11-3-4-11;/h10-12H,2-9H2,1H3,(H3,19,20,21,22,24);/p-1. The van der Waals surface area contributed by atoms with Crippen molar-refractivity contribution in [1.82, 2.24) is 14.8 Å². The van der Waals surface area contributed by atoms with E-state index >= 15 is 0 Å². The maximum absolute atomic E-state index is 12.2. The molecule has 4 rings (SSSR count). The molecule has 26 heavy (non-hydrogen) atoms. The van der Waals surface area contributed by atoms with E-state index in [4.69, 9.17) is 15.5 Å². The van der Waals surface area contributed by atoms with Crippen molar-refractivity contribution in [2.75, 3.05) is 18.5 Å². The van der Waals surface area contributed by atoms with E-state index in [0.29, 0.717) is 11.5 Å². The zero-order valence-corrected chi connectivity index (χ0v) is 17.9. The number of pyridine rings is 1. The van der Waals surface area contributed by atoms with Crippen molar-refractivity contribution in [2.24, 2.45) is 5.92 Å². The van der Waals surface area contributed by atoms with Gasteiger partial charge in [0.1, 0.15) is 0 Å². The number of ether oxygens (including phenoxy) is 1. The Labute approximate surface area is 167 Å². The van der Waals surface area contributed by atoms with E-state index in [9.17, 15) is 4.79 Å². The fraction of sp³-hybridized carbons (Fsp3) is 0.611. The van der Waals surface area contributed by atoms with Gasteiger partial charge < -0.3 is 20.6 Å². The van der Waals surface area contributed by atoms with Crippen LogP contribution >= 0.6 is 0 Å². The first-order valence-corrected chi connectivity index (χ1v) is 9.16. The Morgan fingerprint density at radius 2 is 2.08 bits per heavy atom. The third-order valence-electron chi connectivity index (χ3n) is 5.14. The van der Waals surface area contributed by atoms with E-state index in [1.807, 2.05) is 11.6 Å². The molecule has 1 saturated heterocycles. The van der Waals surface area contributed by atoms with Gasteiger partial charge >= 0.3 is 0 Å². The number of carbonyl (C=O) groups excluding carboxylic acids is 1. The van der Waals surface area contributed by atoms with Crippen LogP contribution in [0.25, 0.3) is 16.8 Å². The summed E-state index contributed by atoms with van der Waals surface area (Å²) in [6.45, 7) is 4.20. The molecule has 7 nitrogen and oxygen atoms in total. The number of aryl methyl sites for hydroxylation is 1. The number of nitrogens with one attached hydrogen (secondary N) is 2. The van der Waals surface area contributed by atoms with Crippen LogP contribution in [0, 0.1) is 5.92 Å². The fourth-order valence-electron chi connectivity index (χ4n) is 3.55. The molecule has 2 aromatic heterocycles. The third kappa shape index (κ3) is 3.79. The Balaban J connectivity index is 0.00000196. The summed E-state index contributed by atoms with van der Waals surface area (Å²) in [7, 11) is 0. The van der Waals surface area contributed by atoms with Crippen molar-refractivity contribution in [3.05, 3.63) is 23.2 Å². The van der Waals surface area contributed by atoms with Crippen LogP contribution in [0.5, 0.6) is 0 Å². The Morgan fingerprint density at radius 3 is 2.69 bits per heavy atom. The predicted octanol–water partition coefficient (Wildman–Crippen LogP) is 3.18. The van der Waals surface area contributed by atoms with E-state index < -0.39 is 5.91 Å². The van der Waals surface area contributed by atoms with E-state index in [1.165, 1.54) is 12.8 Å². The molecule has 1 aliphatic heterocycles. The summed E-state index contributed by atoms with van der Waals surface area (Å²) in [4.78, 5) is 16.9. The minimum atomic E-state index is -0.663. The van der Waals surface area contributed by atoms with Gasteiger partial charge in [-0.25, -0.2) is 9.67 Å². The van der Waals surface area contributed by atoms with E-state index in [1.54, 1.807) is 6.20 Å². The molecule has 1 amide bonds. The summed E-state index contributed by atoms with van der Waals surface area (Å²) in [5.41, 5.74) is 10.6. The molecule has 2 N–H and O–H groups in total. The fourth-order valence-corrected chi connectivity index (χ4v) is 3.55. The van der Waals surface area contributed by atoms with Crippen molar-refractivity contribution < 1.29 is 30.6 Å². The van der Waals surface area contributed by atoms with Crippen LogP contribution in [-0.2, 0) is 38.8 Å². The SMILES string of the molecule is CCn1ncc2c(NC3CCOCC3)c(C([NH-])=O)c(CC3CC3)nc21.[W]. The number of nitrogens with zero attached hydrogens (tertiary/aromatic N) is 3. The summed E-state index contributed by atoms with van der Waals surface area (Å²) < 4.78 is 7.30. The number of anilines is 1. The van der Waals surface area contributed by atoms with Gasteiger partial charge in [-0.3, -0.25) is 0 Å². The first kappa shape index (κ1) is 19.3. The van der Waals surface area contributed by atoms with Gasteiger partial charge in [0.2, 0.25) is 0 Å². The average molecular weight is 526 g/mol. The molecule has 1 saturated carbocycles. The first-order valence-electron chi connectivity index (χ1n) is 9.16. The summed E-state index contributed by atoms with van der Waals surface area (Å²) >= 11 is 0. The molecule has 0 spiro atoms. The Hall–Kier alpha value is -1.46. The first-order chi connectivity index (χ1) is 12.2. The summed E-state index contributed by atoms with van der Waals surface area (Å²) in [6, 6.07) is 0.246. The monoisotopic (exact) mass is 526 g/mol.